The van der Waals surface area contributed by atoms with Crippen LogP contribution in [0.25, 0.3) is 0 Å². The van der Waals surface area contributed by atoms with Crippen molar-refractivity contribution >= 4 is 11.6 Å². The summed E-state index contributed by atoms with van der Waals surface area (Å²) in [5.41, 5.74) is 0.865. The average molecular weight is 304 g/mol. The van der Waals surface area contributed by atoms with E-state index in [0.29, 0.717) is 5.92 Å². The van der Waals surface area contributed by atoms with Crippen LogP contribution < -0.4 is 20.1 Å². The maximum absolute atomic E-state index is 12.2. The highest BCUT2D eigenvalue weighted by Gasteiger charge is 2.18. The van der Waals surface area contributed by atoms with Gasteiger partial charge in [0, 0.05) is 18.3 Å². The molecule has 1 aliphatic heterocycles. The third kappa shape index (κ3) is 3.64. The lowest BCUT2D eigenvalue weighted by Gasteiger charge is -2.23. The predicted molar refractivity (Wildman–Crippen MR) is 85.2 cm³/mol. The number of carbonyl (C=O) groups is 1. The van der Waals surface area contributed by atoms with Gasteiger partial charge in [-0.25, -0.2) is 0 Å². The Labute approximate surface area is 131 Å². The van der Waals surface area contributed by atoms with Gasteiger partial charge in [0.2, 0.25) is 12.7 Å². The molecule has 1 atom stereocenters. The SMILES string of the molecule is C[C@@H](Nc1ccc2c(c1)OCO2)C(=O)NCC1CCCCC1. The molecule has 0 bridgehead atoms. The van der Waals surface area contributed by atoms with Gasteiger partial charge in [-0.1, -0.05) is 19.3 Å². The first-order chi connectivity index (χ1) is 10.7. The molecular weight excluding hydrogens is 280 g/mol. The summed E-state index contributed by atoms with van der Waals surface area (Å²) in [5.74, 6) is 2.17. The summed E-state index contributed by atoms with van der Waals surface area (Å²) >= 11 is 0. The second-order valence-electron chi connectivity index (χ2n) is 6.18. The second kappa shape index (κ2) is 6.90. The molecule has 5 heteroatoms. The Bertz CT molecular complexity index is 527. The lowest BCUT2D eigenvalue weighted by molar-refractivity contribution is -0.121. The standard InChI is InChI=1S/C17H24N2O3/c1-12(17(20)18-10-13-5-3-2-4-6-13)19-14-7-8-15-16(9-14)22-11-21-15/h7-9,12-13,19H,2-6,10-11H2,1H3,(H,18,20)/t12-/m1/s1. The van der Waals surface area contributed by atoms with Crippen molar-refractivity contribution in [2.45, 2.75) is 45.1 Å². The van der Waals surface area contributed by atoms with E-state index in [-0.39, 0.29) is 18.7 Å². The van der Waals surface area contributed by atoms with Crippen molar-refractivity contribution in [2.24, 2.45) is 5.92 Å². The number of benzene rings is 1. The van der Waals surface area contributed by atoms with Crippen molar-refractivity contribution in [3.8, 4) is 11.5 Å². The average Bonchev–Trinajstić information content (AvgIpc) is 3.01. The number of hydrogen-bond donors (Lipinski definition) is 2. The number of rotatable bonds is 5. The molecule has 0 spiro atoms. The maximum atomic E-state index is 12.2. The number of anilines is 1. The van der Waals surface area contributed by atoms with Crippen molar-refractivity contribution in [1.29, 1.82) is 0 Å². The summed E-state index contributed by atoms with van der Waals surface area (Å²) in [4.78, 5) is 12.2. The van der Waals surface area contributed by atoms with Gasteiger partial charge in [0.25, 0.3) is 0 Å². The molecule has 22 heavy (non-hydrogen) atoms. The van der Waals surface area contributed by atoms with E-state index in [0.717, 1.165) is 23.7 Å². The fourth-order valence-electron chi connectivity index (χ4n) is 3.09. The van der Waals surface area contributed by atoms with Crippen LogP contribution in [0.3, 0.4) is 0 Å². The Morgan fingerprint density at radius 3 is 2.82 bits per heavy atom. The first-order valence-electron chi connectivity index (χ1n) is 8.16. The molecule has 1 fully saturated rings. The molecule has 0 aromatic heterocycles. The van der Waals surface area contributed by atoms with Gasteiger partial charge in [0.05, 0.1) is 0 Å². The molecule has 1 heterocycles. The zero-order chi connectivity index (χ0) is 15.4. The highest BCUT2D eigenvalue weighted by molar-refractivity contribution is 5.84. The number of hydrogen-bond acceptors (Lipinski definition) is 4. The lowest BCUT2D eigenvalue weighted by atomic mass is 9.89. The summed E-state index contributed by atoms with van der Waals surface area (Å²) in [6.07, 6.45) is 6.41. The van der Waals surface area contributed by atoms with E-state index in [9.17, 15) is 4.79 Å². The van der Waals surface area contributed by atoms with Crippen LogP contribution in [0.2, 0.25) is 0 Å². The maximum Gasteiger partial charge on any atom is 0.242 e. The van der Waals surface area contributed by atoms with Crippen LogP contribution in [0.15, 0.2) is 18.2 Å². The fourth-order valence-corrected chi connectivity index (χ4v) is 3.09. The summed E-state index contributed by atoms with van der Waals surface area (Å²) in [6.45, 7) is 2.93. The predicted octanol–water partition coefficient (Wildman–Crippen LogP) is 2.91. The van der Waals surface area contributed by atoms with Gasteiger partial charge >= 0.3 is 0 Å². The van der Waals surface area contributed by atoms with Crippen molar-refractivity contribution in [2.75, 3.05) is 18.7 Å². The van der Waals surface area contributed by atoms with Gasteiger partial charge in [0.15, 0.2) is 11.5 Å². The van der Waals surface area contributed by atoms with Crippen molar-refractivity contribution in [1.82, 2.24) is 5.32 Å². The van der Waals surface area contributed by atoms with Gasteiger partial charge in [-0.3, -0.25) is 4.79 Å². The van der Waals surface area contributed by atoms with Crippen LogP contribution in [0.1, 0.15) is 39.0 Å². The fraction of sp³-hybridized carbons (Fsp3) is 0.588. The molecule has 2 N–H and O–H groups in total. The Balaban J connectivity index is 1.48. The topological polar surface area (TPSA) is 59.6 Å². The van der Waals surface area contributed by atoms with Crippen LogP contribution >= 0.6 is 0 Å². The summed E-state index contributed by atoms with van der Waals surface area (Å²) in [7, 11) is 0. The van der Waals surface area contributed by atoms with E-state index < -0.39 is 0 Å². The zero-order valence-corrected chi connectivity index (χ0v) is 13.1. The Kier molecular flexibility index (Phi) is 4.71. The first-order valence-corrected chi connectivity index (χ1v) is 8.16. The highest BCUT2D eigenvalue weighted by atomic mass is 16.7. The van der Waals surface area contributed by atoms with E-state index in [2.05, 4.69) is 10.6 Å². The minimum Gasteiger partial charge on any atom is -0.454 e. The van der Waals surface area contributed by atoms with Crippen LogP contribution in [0, 0.1) is 5.92 Å². The van der Waals surface area contributed by atoms with Crippen LogP contribution in [0.5, 0.6) is 11.5 Å². The largest absolute Gasteiger partial charge is 0.454 e. The number of carbonyl (C=O) groups excluding carboxylic acids is 1. The number of nitrogens with one attached hydrogen (secondary N) is 2. The molecule has 1 aromatic carbocycles. The molecule has 0 unspecified atom stereocenters. The van der Waals surface area contributed by atoms with Crippen molar-refractivity contribution < 1.29 is 14.3 Å². The summed E-state index contributed by atoms with van der Waals surface area (Å²) < 4.78 is 10.6. The number of amides is 1. The zero-order valence-electron chi connectivity index (χ0n) is 13.1. The molecule has 0 saturated heterocycles. The van der Waals surface area contributed by atoms with E-state index in [1.807, 2.05) is 25.1 Å². The molecule has 1 saturated carbocycles. The second-order valence-corrected chi connectivity index (χ2v) is 6.18. The molecule has 3 rings (SSSR count). The molecule has 5 nitrogen and oxygen atoms in total. The summed E-state index contributed by atoms with van der Waals surface area (Å²) in [6, 6.07) is 5.35. The van der Waals surface area contributed by atoms with E-state index in [1.54, 1.807) is 0 Å². The molecular formula is C17H24N2O3. The van der Waals surface area contributed by atoms with Crippen LogP contribution in [0.4, 0.5) is 5.69 Å². The summed E-state index contributed by atoms with van der Waals surface area (Å²) in [5, 5.41) is 6.28. The van der Waals surface area contributed by atoms with E-state index in [1.165, 1.54) is 32.1 Å². The molecule has 1 amide bonds. The minimum atomic E-state index is -0.274. The third-order valence-electron chi connectivity index (χ3n) is 4.44. The Morgan fingerprint density at radius 2 is 2.00 bits per heavy atom. The molecule has 120 valence electrons. The Morgan fingerprint density at radius 1 is 1.23 bits per heavy atom. The first kappa shape index (κ1) is 15.0. The quantitative estimate of drug-likeness (QED) is 0.878. The third-order valence-corrected chi connectivity index (χ3v) is 4.44. The molecule has 1 aromatic rings. The van der Waals surface area contributed by atoms with Crippen molar-refractivity contribution in [3.63, 3.8) is 0 Å². The number of fused-ring (bicyclic) bond motifs is 1. The van der Waals surface area contributed by atoms with Crippen molar-refractivity contribution in [3.05, 3.63) is 18.2 Å². The van der Waals surface area contributed by atoms with Gasteiger partial charge in [0.1, 0.15) is 6.04 Å². The minimum absolute atomic E-state index is 0.0447. The normalized spacial score (nSPS) is 18.8. The highest BCUT2D eigenvalue weighted by Crippen LogP contribution is 2.34. The monoisotopic (exact) mass is 304 g/mol. The molecule has 2 aliphatic rings. The van der Waals surface area contributed by atoms with Gasteiger partial charge < -0.3 is 20.1 Å². The Hall–Kier alpha value is -1.91. The van der Waals surface area contributed by atoms with Crippen LogP contribution in [-0.4, -0.2) is 25.3 Å². The van der Waals surface area contributed by atoms with Gasteiger partial charge in [-0.2, -0.15) is 0 Å². The molecule has 0 radical (unpaired) electrons. The van der Waals surface area contributed by atoms with Gasteiger partial charge in [-0.05, 0) is 37.8 Å². The van der Waals surface area contributed by atoms with Gasteiger partial charge in [-0.15, -0.1) is 0 Å². The molecule has 1 aliphatic carbocycles. The lowest BCUT2D eigenvalue weighted by Crippen LogP contribution is -2.40. The van der Waals surface area contributed by atoms with E-state index in [4.69, 9.17) is 9.47 Å². The van der Waals surface area contributed by atoms with Crippen LogP contribution in [-0.2, 0) is 4.79 Å². The van der Waals surface area contributed by atoms with E-state index >= 15 is 0 Å². The smallest absolute Gasteiger partial charge is 0.242 e. The number of ether oxygens (including phenoxy) is 2.